The molecule has 2 aromatic heterocycles. The van der Waals surface area contributed by atoms with Gasteiger partial charge in [0.15, 0.2) is 0 Å². The zero-order chi connectivity index (χ0) is 42.6. The first kappa shape index (κ1) is 45.0. The zero-order valence-corrected chi connectivity index (χ0v) is 36.5. The van der Waals surface area contributed by atoms with Gasteiger partial charge in [0.25, 0.3) is 5.91 Å². The lowest BCUT2D eigenvalue weighted by molar-refractivity contribution is -0.131. The Hall–Kier alpha value is -4.54. The molecule has 0 aliphatic carbocycles. The van der Waals surface area contributed by atoms with Gasteiger partial charge in [0.05, 0.1) is 27.9 Å². The monoisotopic (exact) mass is 879 g/mol. The van der Waals surface area contributed by atoms with Gasteiger partial charge < -0.3 is 35.2 Å². The maximum absolute atomic E-state index is 13.2. The summed E-state index contributed by atoms with van der Waals surface area (Å²) in [5.41, 5.74) is 4.14. The van der Waals surface area contributed by atoms with Crippen molar-refractivity contribution >= 4 is 58.2 Å². The topological polar surface area (TPSA) is 144 Å². The van der Waals surface area contributed by atoms with Gasteiger partial charge in [-0.3, -0.25) is 29.2 Å². The van der Waals surface area contributed by atoms with Crippen molar-refractivity contribution in [3.8, 4) is 22.8 Å². The molecule has 3 N–H and O–H groups in total. The van der Waals surface area contributed by atoms with Crippen molar-refractivity contribution in [3.63, 3.8) is 0 Å². The molecule has 0 atom stereocenters. The summed E-state index contributed by atoms with van der Waals surface area (Å²) in [6.07, 6.45) is 1.69. The van der Waals surface area contributed by atoms with Crippen LogP contribution < -0.4 is 25.4 Å². The maximum atomic E-state index is 13.2. The van der Waals surface area contributed by atoms with Crippen LogP contribution in [0, 0.1) is 0 Å². The smallest absolute Gasteiger partial charge is 0.274 e. The van der Waals surface area contributed by atoms with Crippen LogP contribution in [0.25, 0.3) is 11.1 Å². The molecule has 3 amide bonds. The Bertz CT molecular complexity index is 2110. The summed E-state index contributed by atoms with van der Waals surface area (Å²) in [6.45, 7) is 14.2. The molecule has 320 valence electrons. The third-order valence-electron chi connectivity index (χ3n) is 10.7. The van der Waals surface area contributed by atoms with Gasteiger partial charge in [0.2, 0.25) is 17.7 Å². The number of carbonyl (C=O) groups is 3. The number of aromatic nitrogens is 2. The number of nitrogens with zero attached hydrogens (tertiary/aromatic N) is 6. The standard InChI is InChI=1S/C43H52Cl3N9O5/c1-29(56)54-20-16-52(17-21-54)14-12-47-25-31-10-11-37(49-26-31)42(58)50-36-8-4-6-33(40(36)45)34-7-5-9-39(41(34)46)60-28-38-35(44)24-32(43(51-38)59-3)27-48-13-15-53-18-22-55(23-19-53)30(2)57/h4-11,24,26,47-48H,12-23,25,27-28H2,1-3H3,(H,50,58). The number of halogens is 3. The van der Waals surface area contributed by atoms with E-state index in [1.54, 1.807) is 51.4 Å². The second-order valence-corrected chi connectivity index (χ2v) is 15.9. The number of hydrogen-bond acceptors (Lipinski definition) is 11. The summed E-state index contributed by atoms with van der Waals surface area (Å²) < 4.78 is 11.7. The van der Waals surface area contributed by atoms with E-state index in [2.05, 4.69) is 35.7 Å². The largest absolute Gasteiger partial charge is 0.486 e. The van der Waals surface area contributed by atoms with Gasteiger partial charge in [0, 0.05) is 128 Å². The number of nitrogens with one attached hydrogen (secondary N) is 3. The Labute approximate surface area is 366 Å². The molecule has 4 heterocycles. The first-order chi connectivity index (χ1) is 29.0. The van der Waals surface area contributed by atoms with Crippen molar-refractivity contribution in [2.45, 2.75) is 33.5 Å². The third kappa shape index (κ3) is 12.1. The van der Waals surface area contributed by atoms with Crippen LogP contribution in [0.5, 0.6) is 11.6 Å². The molecule has 17 heteroatoms. The van der Waals surface area contributed by atoms with Gasteiger partial charge in [-0.2, -0.15) is 0 Å². The summed E-state index contributed by atoms with van der Waals surface area (Å²) in [6, 6.07) is 16.1. The molecule has 14 nitrogen and oxygen atoms in total. The quantitative estimate of drug-likeness (QED) is 0.117. The molecule has 0 bridgehead atoms. The Morgan fingerprint density at radius 2 is 1.35 bits per heavy atom. The van der Waals surface area contributed by atoms with Crippen LogP contribution in [0.2, 0.25) is 15.1 Å². The first-order valence-corrected chi connectivity index (χ1v) is 21.2. The Morgan fingerprint density at radius 3 is 1.93 bits per heavy atom. The highest BCUT2D eigenvalue weighted by atomic mass is 35.5. The van der Waals surface area contributed by atoms with Crippen molar-refractivity contribution in [2.24, 2.45) is 0 Å². The van der Waals surface area contributed by atoms with Crippen LogP contribution in [0.4, 0.5) is 5.69 Å². The van der Waals surface area contributed by atoms with Crippen molar-refractivity contribution < 1.29 is 23.9 Å². The van der Waals surface area contributed by atoms with E-state index in [1.807, 2.05) is 40.1 Å². The second-order valence-electron chi connectivity index (χ2n) is 14.7. The van der Waals surface area contributed by atoms with Crippen LogP contribution in [-0.4, -0.2) is 133 Å². The SMILES string of the molecule is COc1nc(COc2cccc(-c3cccc(NC(=O)c4ccc(CNCCN5CCN(C(C)=O)CC5)cn4)c3Cl)c2Cl)c(Cl)cc1CNCCN1CCN(C(C)=O)CC1. The molecule has 2 aromatic carbocycles. The van der Waals surface area contributed by atoms with Gasteiger partial charge in [-0.05, 0) is 29.8 Å². The van der Waals surface area contributed by atoms with Gasteiger partial charge in [0.1, 0.15) is 23.7 Å². The van der Waals surface area contributed by atoms with E-state index >= 15 is 0 Å². The minimum atomic E-state index is -0.399. The molecule has 0 unspecified atom stereocenters. The molecular formula is C43H52Cl3N9O5. The summed E-state index contributed by atoms with van der Waals surface area (Å²) in [5.74, 6) is 0.695. The van der Waals surface area contributed by atoms with Crippen LogP contribution in [0.3, 0.4) is 0 Å². The molecule has 4 aromatic rings. The van der Waals surface area contributed by atoms with Gasteiger partial charge in [-0.25, -0.2) is 4.98 Å². The van der Waals surface area contributed by atoms with Gasteiger partial charge >= 0.3 is 0 Å². The molecule has 2 saturated heterocycles. The number of methoxy groups -OCH3 is 1. The summed E-state index contributed by atoms with van der Waals surface area (Å²) >= 11 is 20.5. The van der Waals surface area contributed by atoms with Crippen LogP contribution in [0.1, 0.15) is 41.2 Å². The molecule has 2 aliphatic heterocycles. The normalized spacial score (nSPS) is 14.9. The Balaban J connectivity index is 0.999. The van der Waals surface area contributed by atoms with Crippen molar-refractivity contribution in [1.29, 1.82) is 0 Å². The number of pyridine rings is 2. The molecule has 0 saturated carbocycles. The van der Waals surface area contributed by atoms with E-state index in [-0.39, 0.29) is 24.1 Å². The fourth-order valence-corrected chi connectivity index (χ4v) is 7.90. The summed E-state index contributed by atoms with van der Waals surface area (Å²) in [5, 5.41) is 10.8. The van der Waals surface area contributed by atoms with E-state index in [9.17, 15) is 14.4 Å². The fraction of sp³-hybridized carbons (Fsp3) is 0.419. The number of amides is 3. The first-order valence-electron chi connectivity index (χ1n) is 20.1. The van der Waals surface area contributed by atoms with Crippen LogP contribution in [-0.2, 0) is 29.3 Å². The average molecular weight is 881 g/mol. The summed E-state index contributed by atoms with van der Waals surface area (Å²) in [4.78, 5) is 53.9. The molecule has 6 rings (SSSR count). The highest BCUT2D eigenvalue weighted by molar-refractivity contribution is 6.39. The van der Waals surface area contributed by atoms with Crippen molar-refractivity contribution in [1.82, 2.24) is 40.2 Å². The number of piperazine rings is 2. The third-order valence-corrected chi connectivity index (χ3v) is 11.8. The Morgan fingerprint density at radius 1 is 0.750 bits per heavy atom. The lowest BCUT2D eigenvalue weighted by Crippen LogP contribution is -2.49. The average Bonchev–Trinajstić information content (AvgIpc) is 3.25. The molecule has 0 spiro atoms. The minimum absolute atomic E-state index is 0.0325. The predicted molar refractivity (Wildman–Crippen MR) is 235 cm³/mol. The summed E-state index contributed by atoms with van der Waals surface area (Å²) in [7, 11) is 1.57. The second kappa shape index (κ2) is 21.8. The van der Waals surface area contributed by atoms with Crippen LogP contribution >= 0.6 is 34.8 Å². The minimum Gasteiger partial charge on any atom is -0.486 e. The molecule has 0 radical (unpaired) electrons. The Kier molecular flexibility index (Phi) is 16.4. The highest BCUT2D eigenvalue weighted by Gasteiger charge is 2.21. The predicted octanol–water partition coefficient (Wildman–Crippen LogP) is 5.45. The van der Waals surface area contributed by atoms with E-state index in [4.69, 9.17) is 44.3 Å². The molecule has 60 heavy (non-hydrogen) atoms. The molecule has 2 aliphatic rings. The number of benzene rings is 2. The van der Waals surface area contributed by atoms with E-state index < -0.39 is 5.91 Å². The fourth-order valence-electron chi connectivity index (χ4n) is 7.12. The number of carbonyl (C=O) groups excluding carboxylic acids is 3. The lowest BCUT2D eigenvalue weighted by atomic mass is 10.0. The number of ether oxygens (including phenoxy) is 2. The van der Waals surface area contributed by atoms with Gasteiger partial charge in [-0.15, -0.1) is 0 Å². The maximum Gasteiger partial charge on any atom is 0.274 e. The zero-order valence-electron chi connectivity index (χ0n) is 34.2. The number of anilines is 1. The van der Waals surface area contributed by atoms with Crippen molar-refractivity contribution in [2.75, 3.05) is 91.0 Å². The number of hydrogen-bond donors (Lipinski definition) is 3. The van der Waals surface area contributed by atoms with E-state index in [0.717, 1.165) is 89.7 Å². The number of rotatable bonds is 17. The van der Waals surface area contributed by atoms with Crippen molar-refractivity contribution in [3.05, 3.63) is 98.4 Å². The molecular weight excluding hydrogens is 829 g/mol. The van der Waals surface area contributed by atoms with Crippen LogP contribution in [0.15, 0.2) is 60.8 Å². The molecule has 2 fully saturated rings. The highest BCUT2D eigenvalue weighted by Crippen LogP contribution is 2.41. The lowest BCUT2D eigenvalue weighted by Gasteiger charge is -2.34. The van der Waals surface area contributed by atoms with Gasteiger partial charge in [-0.1, -0.05) is 65.1 Å². The van der Waals surface area contributed by atoms with E-state index in [0.29, 0.717) is 62.3 Å². The van der Waals surface area contributed by atoms with E-state index in [1.165, 1.54) is 0 Å².